The Balaban J connectivity index is 2.55. The number of furan rings is 1. The van der Waals surface area contributed by atoms with E-state index in [1.54, 1.807) is 12.3 Å². The molecule has 0 aliphatic carbocycles. The Morgan fingerprint density at radius 2 is 2.33 bits per heavy atom. The summed E-state index contributed by atoms with van der Waals surface area (Å²) in [5, 5.41) is 1.92. The lowest BCUT2D eigenvalue weighted by Gasteiger charge is -2.00. The lowest BCUT2D eigenvalue weighted by Crippen LogP contribution is -1.99. The normalized spacial score (nSPS) is 10.3. The van der Waals surface area contributed by atoms with Crippen LogP contribution in [0.15, 0.2) is 28.2 Å². The number of esters is 1. The van der Waals surface area contributed by atoms with Crippen molar-refractivity contribution in [3.05, 3.63) is 34.2 Å². The first-order valence-corrected chi connectivity index (χ1v) is 5.32. The van der Waals surface area contributed by atoms with Gasteiger partial charge >= 0.3 is 5.97 Å². The summed E-state index contributed by atoms with van der Waals surface area (Å²) in [4.78, 5) is 12.1. The Morgan fingerprint density at radius 1 is 1.53 bits per heavy atom. The zero-order valence-corrected chi connectivity index (χ0v) is 9.26. The van der Waals surface area contributed by atoms with E-state index in [0.29, 0.717) is 10.6 Å². The number of hydrogen-bond donors (Lipinski definition) is 0. The number of methoxy groups -OCH3 is 1. The quantitative estimate of drug-likeness (QED) is 0.733. The average Bonchev–Trinajstić information content (AvgIpc) is 2.85. The standard InChI is InChI=1S/C11H10O3S/c1-7-6-15-10(11(12)13-2)9(7)8-4-3-5-14-8/h3-6H,1-2H3. The molecule has 0 N–H and O–H groups in total. The van der Waals surface area contributed by atoms with Crippen molar-refractivity contribution in [1.82, 2.24) is 0 Å². The SMILES string of the molecule is COC(=O)c1scc(C)c1-c1ccco1. The molecule has 4 heteroatoms. The van der Waals surface area contributed by atoms with Gasteiger partial charge in [0.2, 0.25) is 0 Å². The monoisotopic (exact) mass is 222 g/mol. The maximum atomic E-state index is 11.5. The zero-order valence-electron chi connectivity index (χ0n) is 8.44. The Labute approximate surface area is 91.3 Å². The van der Waals surface area contributed by atoms with Crippen molar-refractivity contribution in [1.29, 1.82) is 0 Å². The minimum Gasteiger partial charge on any atom is -0.465 e. The van der Waals surface area contributed by atoms with Crippen LogP contribution < -0.4 is 0 Å². The predicted octanol–water partition coefficient (Wildman–Crippen LogP) is 3.10. The molecule has 78 valence electrons. The molecular formula is C11H10O3S. The van der Waals surface area contributed by atoms with Crippen molar-refractivity contribution in [2.45, 2.75) is 6.92 Å². The number of aryl methyl sites for hydroxylation is 1. The van der Waals surface area contributed by atoms with E-state index < -0.39 is 0 Å². The zero-order chi connectivity index (χ0) is 10.8. The second-order valence-corrected chi connectivity index (χ2v) is 3.97. The molecular weight excluding hydrogens is 212 g/mol. The van der Waals surface area contributed by atoms with Crippen molar-refractivity contribution in [2.24, 2.45) is 0 Å². The number of rotatable bonds is 2. The van der Waals surface area contributed by atoms with Gasteiger partial charge in [-0.3, -0.25) is 0 Å². The topological polar surface area (TPSA) is 39.4 Å². The molecule has 15 heavy (non-hydrogen) atoms. The first kappa shape index (κ1) is 9.98. The third kappa shape index (κ3) is 1.68. The molecule has 0 fully saturated rings. The van der Waals surface area contributed by atoms with Gasteiger partial charge in [-0.05, 0) is 30.0 Å². The predicted molar refractivity (Wildman–Crippen MR) is 58.1 cm³/mol. The second-order valence-electron chi connectivity index (χ2n) is 3.09. The highest BCUT2D eigenvalue weighted by molar-refractivity contribution is 7.12. The van der Waals surface area contributed by atoms with Crippen LogP contribution >= 0.6 is 11.3 Å². The largest absolute Gasteiger partial charge is 0.465 e. The van der Waals surface area contributed by atoms with Crippen LogP contribution in [0.25, 0.3) is 11.3 Å². The molecule has 3 nitrogen and oxygen atoms in total. The van der Waals surface area contributed by atoms with Crippen molar-refractivity contribution in [3.63, 3.8) is 0 Å². The fourth-order valence-electron chi connectivity index (χ4n) is 1.41. The Morgan fingerprint density at radius 3 is 2.93 bits per heavy atom. The van der Waals surface area contributed by atoms with Crippen LogP contribution in [0.5, 0.6) is 0 Å². The molecule has 0 atom stereocenters. The van der Waals surface area contributed by atoms with E-state index in [1.165, 1.54) is 18.4 Å². The van der Waals surface area contributed by atoms with Gasteiger partial charge in [-0.2, -0.15) is 0 Å². The number of ether oxygens (including phenoxy) is 1. The van der Waals surface area contributed by atoms with Gasteiger partial charge in [-0.1, -0.05) is 0 Å². The molecule has 0 bridgehead atoms. The van der Waals surface area contributed by atoms with E-state index in [9.17, 15) is 4.79 Å². The fraction of sp³-hybridized carbons (Fsp3) is 0.182. The third-order valence-corrected chi connectivity index (χ3v) is 3.19. The minimum atomic E-state index is -0.320. The maximum absolute atomic E-state index is 11.5. The third-order valence-electron chi connectivity index (χ3n) is 2.11. The summed E-state index contributed by atoms with van der Waals surface area (Å²) in [6, 6.07) is 3.63. The van der Waals surface area contributed by atoms with Gasteiger partial charge in [0.05, 0.1) is 13.4 Å². The van der Waals surface area contributed by atoms with Crippen LogP contribution in [0.2, 0.25) is 0 Å². The first-order valence-electron chi connectivity index (χ1n) is 4.44. The number of thiophene rings is 1. The summed E-state index contributed by atoms with van der Waals surface area (Å²) in [5.41, 5.74) is 1.85. The average molecular weight is 222 g/mol. The van der Waals surface area contributed by atoms with Gasteiger partial charge in [0.15, 0.2) is 0 Å². The van der Waals surface area contributed by atoms with Crippen LogP contribution in [-0.2, 0) is 4.74 Å². The molecule has 0 radical (unpaired) electrons. The summed E-state index contributed by atoms with van der Waals surface area (Å²) in [6.07, 6.45) is 1.59. The first-order chi connectivity index (χ1) is 7.24. The van der Waals surface area contributed by atoms with Gasteiger partial charge < -0.3 is 9.15 Å². The summed E-state index contributed by atoms with van der Waals surface area (Å²) in [7, 11) is 1.38. The van der Waals surface area contributed by atoms with E-state index >= 15 is 0 Å². The summed E-state index contributed by atoms with van der Waals surface area (Å²) in [5.74, 6) is 0.383. The van der Waals surface area contributed by atoms with E-state index in [0.717, 1.165) is 11.1 Å². The van der Waals surface area contributed by atoms with Gasteiger partial charge in [0.25, 0.3) is 0 Å². The van der Waals surface area contributed by atoms with Crippen LogP contribution in [-0.4, -0.2) is 13.1 Å². The highest BCUT2D eigenvalue weighted by Gasteiger charge is 2.19. The lowest BCUT2D eigenvalue weighted by molar-refractivity contribution is 0.0607. The van der Waals surface area contributed by atoms with Crippen molar-refractivity contribution >= 4 is 17.3 Å². The molecule has 2 heterocycles. The Bertz CT molecular complexity index is 468. The smallest absolute Gasteiger partial charge is 0.348 e. The second kappa shape index (κ2) is 3.90. The van der Waals surface area contributed by atoms with Crippen LogP contribution in [0.3, 0.4) is 0 Å². The van der Waals surface area contributed by atoms with E-state index in [1.807, 2.05) is 18.4 Å². The number of carbonyl (C=O) groups excluding carboxylic acids is 1. The molecule has 2 rings (SSSR count). The molecule has 0 saturated heterocycles. The minimum absolute atomic E-state index is 0.320. The van der Waals surface area contributed by atoms with Crippen LogP contribution in [0, 0.1) is 6.92 Å². The van der Waals surface area contributed by atoms with Crippen LogP contribution in [0.1, 0.15) is 15.2 Å². The van der Waals surface area contributed by atoms with Gasteiger partial charge in [0, 0.05) is 5.56 Å². The number of hydrogen-bond acceptors (Lipinski definition) is 4. The lowest BCUT2D eigenvalue weighted by atomic mass is 10.1. The molecule has 0 saturated carbocycles. The Kier molecular flexibility index (Phi) is 2.60. The summed E-state index contributed by atoms with van der Waals surface area (Å²) in [6.45, 7) is 1.95. The van der Waals surface area contributed by atoms with Crippen molar-refractivity contribution in [3.8, 4) is 11.3 Å². The fourth-order valence-corrected chi connectivity index (χ4v) is 2.39. The molecule has 0 aromatic carbocycles. The van der Waals surface area contributed by atoms with E-state index in [-0.39, 0.29) is 5.97 Å². The van der Waals surface area contributed by atoms with Crippen molar-refractivity contribution in [2.75, 3.05) is 7.11 Å². The van der Waals surface area contributed by atoms with Gasteiger partial charge in [-0.25, -0.2) is 4.79 Å². The molecule has 0 unspecified atom stereocenters. The van der Waals surface area contributed by atoms with E-state index in [2.05, 4.69) is 0 Å². The van der Waals surface area contributed by atoms with Crippen molar-refractivity contribution < 1.29 is 13.9 Å². The molecule has 0 amide bonds. The highest BCUT2D eigenvalue weighted by Crippen LogP contribution is 2.33. The van der Waals surface area contributed by atoms with Gasteiger partial charge in [0.1, 0.15) is 10.6 Å². The van der Waals surface area contributed by atoms with E-state index in [4.69, 9.17) is 9.15 Å². The molecule has 0 spiro atoms. The highest BCUT2D eigenvalue weighted by atomic mass is 32.1. The van der Waals surface area contributed by atoms with Gasteiger partial charge in [-0.15, -0.1) is 11.3 Å². The molecule has 2 aromatic rings. The Hall–Kier alpha value is -1.55. The summed E-state index contributed by atoms with van der Waals surface area (Å²) >= 11 is 1.37. The van der Waals surface area contributed by atoms with Crippen LogP contribution in [0.4, 0.5) is 0 Å². The summed E-state index contributed by atoms with van der Waals surface area (Å²) < 4.78 is 10.0. The molecule has 0 aliphatic rings. The molecule has 0 aliphatic heterocycles. The molecule has 2 aromatic heterocycles. The maximum Gasteiger partial charge on any atom is 0.348 e. The number of carbonyl (C=O) groups is 1.